The summed E-state index contributed by atoms with van der Waals surface area (Å²) < 4.78 is 1.89. The lowest BCUT2D eigenvalue weighted by Crippen LogP contribution is -2.19. The number of carbonyl (C=O) groups excluding carboxylic acids is 1. The van der Waals surface area contributed by atoms with E-state index in [4.69, 9.17) is 5.11 Å². The number of nitrogens with one attached hydrogen (secondary N) is 1. The Labute approximate surface area is 141 Å². The minimum absolute atomic E-state index is 0.202. The molecule has 0 radical (unpaired) electrons. The highest BCUT2D eigenvalue weighted by Gasteiger charge is 2.24. The average Bonchev–Trinajstić information content (AvgIpc) is 3.06. The van der Waals surface area contributed by atoms with Crippen molar-refractivity contribution in [3.05, 3.63) is 52.7 Å². The zero-order valence-electron chi connectivity index (χ0n) is 12.6. The van der Waals surface area contributed by atoms with Gasteiger partial charge in [0.1, 0.15) is 11.3 Å². The first kappa shape index (κ1) is 15.9. The van der Waals surface area contributed by atoms with Crippen LogP contribution in [0.5, 0.6) is 5.75 Å². The van der Waals surface area contributed by atoms with E-state index in [0.717, 1.165) is 5.69 Å². The summed E-state index contributed by atoms with van der Waals surface area (Å²) in [5.41, 5.74) is 1.03. The number of carboxylic acid groups (broad SMARTS) is 1. The first-order chi connectivity index (χ1) is 11.4. The summed E-state index contributed by atoms with van der Waals surface area (Å²) in [5, 5.41) is 21.6. The molecule has 0 saturated carbocycles. The molecule has 0 spiro atoms. The number of aromatic nitrogens is 1. The van der Waals surface area contributed by atoms with Crippen molar-refractivity contribution in [2.24, 2.45) is 12.0 Å². The van der Waals surface area contributed by atoms with E-state index >= 15 is 0 Å². The van der Waals surface area contributed by atoms with Crippen molar-refractivity contribution in [2.45, 2.75) is 0 Å². The van der Waals surface area contributed by atoms with Crippen LogP contribution in [0.15, 0.2) is 46.4 Å². The molecule has 1 aliphatic rings. The highest BCUT2D eigenvalue weighted by atomic mass is 32.2. The van der Waals surface area contributed by atoms with Gasteiger partial charge in [0.05, 0.1) is 10.6 Å². The Kier molecular flexibility index (Phi) is 4.13. The van der Waals surface area contributed by atoms with Gasteiger partial charge in [0.2, 0.25) is 0 Å². The Hall–Kier alpha value is -3.00. The number of nitrogens with zero attached hydrogens (tertiary/aromatic N) is 2. The smallest absolute Gasteiger partial charge is 0.339 e. The molecule has 0 bridgehead atoms. The predicted octanol–water partition coefficient (Wildman–Crippen LogP) is 2.32. The van der Waals surface area contributed by atoms with Crippen LogP contribution in [0.3, 0.4) is 0 Å². The van der Waals surface area contributed by atoms with Crippen molar-refractivity contribution in [3.8, 4) is 5.75 Å². The Balaban J connectivity index is 1.84. The number of benzene rings is 1. The normalized spacial score (nSPS) is 17.5. The van der Waals surface area contributed by atoms with Crippen LogP contribution in [-0.4, -0.2) is 31.8 Å². The van der Waals surface area contributed by atoms with Gasteiger partial charge in [0.15, 0.2) is 5.17 Å². The van der Waals surface area contributed by atoms with Crippen LogP contribution < -0.4 is 5.32 Å². The maximum absolute atomic E-state index is 12.0. The third-order valence-electron chi connectivity index (χ3n) is 3.36. The molecule has 3 N–H and O–H groups in total. The van der Waals surface area contributed by atoms with Crippen LogP contribution in [0.25, 0.3) is 6.08 Å². The quantitative estimate of drug-likeness (QED) is 0.742. The summed E-state index contributed by atoms with van der Waals surface area (Å²) in [6, 6.07) is 7.73. The molecule has 0 aliphatic carbocycles. The number of hydrogen-bond acceptors (Lipinski definition) is 5. The number of carboxylic acids is 1. The van der Waals surface area contributed by atoms with Crippen molar-refractivity contribution >= 4 is 40.6 Å². The summed E-state index contributed by atoms with van der Waals surface area (Å²) in [6.45, 7) is 0. The molecule has 1 fully saturated rings. The minimum Gasteiger partial charge on any atom is -0.507 e. The largest absolute Gasteiger partial charge is 0.507 e. The topological polar surface area (TPSA) is 104 Å². The highest BCUT2D eigenvalue weighted by Crippen LogP contribution is 2.30. The lowest BCUT2D eigenvalue weighted by Gasteiger charge is -2.01. The monoisotopic (exact) mass is 343 g/mol. The predicted molar refractivity (Wildman–Crippen MR) is 91.3 cm³/mol. The number of aromatic carboxylic acids is 1. The number of carbonyl (C=O) groups is 2. The molecule has 1 aromatic carbocycles. The summed E-state index contributed by atoms with van der Waals surface area (Å²) in [6.07, 6.45) is 3.64. The molecular weight excluding hydrogens is 330 g/mol. The molecule has 7 nitrogen and oxygen atoms in total. The van der Waals surface area contributed by atoms with Gasteiger partial charge in [0.25, 0.3) is 5.91 Å². The Morgan fingerprint density at radius 1 is 1.38 bits per heavy atom. The molecule has 0 unspecified atom stereocenters. The van der Waals surface area contributed by atoms with E-state index in [9.17, 15) is 14.7 Å². The van der Waals surface area contributed by atoms with E-state index in [0.29, 0.717) is 15.8 Å². The van der Waals surface area contributed by atoms with E-state index in [1.807, 2.05) is 29.9 Å². The van der Waals surface area contributed by atoms with Crippen LogP contribution in [-0.2, 0) is 11.8 Å². The third kappa shape index (κ3) is 3.18. The first-order valence-electron chi connectivity index (χ1n) is 6.91. The fraction of sp³-hybridized carbons (Fsp3) is 0.0625. The molecule has 1 amide bonds. The van der Waals surface area contributed by atoms with Gasteiger partial charge in [-0.25, -0.2) is 9.79 Å². The lowest BCUT2D eigenvalue weighted by atomic mass is 10.2. The SMILES string of the molecule is Cn1cccc1C=C1SC(=Nc2ccc(C(=O)O)c(O)c2)NC1=O. The number of aryl methyl sites for hydroxylation is 1. The Morgan fingerprint density at radius 3 is 2.79 bits per heavy atom. The van der Waals surface area contributed by atoms with Crippen molar-refractivity contribution in [2.75, 3.05) is 0 Å². The number of aliphatic imine (C=N–C) groups is 1. The van der Waals surface area contributed by atoms with Crippen molar-refractivity contribution in [1.29, 1.82) is 0 Å². The molecule has 8 heteroatoms. The summed E-state index contributed by atoms with van der Waals surface area (Å²) in [7, 11) is 1.88. The molecule has 3 rings (SSSR count). The molecule has 1 aromatic heterocycles. The number of thioether (sulfide) groups is 1. The molecule has 122 valence electrons. The maximum atomic E-state index is 12.0. The van der Waals surface area contributed by atoms with Crippen LogP contribution in [0.4, 0.5) is 5.69 Å². The van der Waals surface area contributed by atoms with Gasteiger partial charge in [0, 0.05) is 25.0 Å². The van der Waals surface area contributed by atoms with E-state index in [-0.39, 0.29) is 17.2 Å². The molecule has 0 atom stereocenters. The number of phenols is 1. The second kappa shape index (κ2) is 6.25. The molecule has 2 aromatic rings. The van der Waals surface area contributed by atoms with E-state index in [1.54, 1.807) is 6.08 Å². The fourth-order valence-corrected chi connectivity index (χ4v) is 2.95. The van der Waals surface area contributed by atoms with Gasteiger partial charge < -0.3 is 20.1 Å². The molecule has 1 saturated heterocycles. The summed E-state index contributed by atoms with van der Waals surface area (Å²) in [5.74, 6) is -1.85. The van der Waals surface area contributed by atoms with Gasteiger partial charge in [-0.3, -0.25) is 4.79 Å². The van der Waals surface area contributed by atoms with Crippen LogP contribution in [0.2, 0.25) is 0 Å². The maximum Gasteiger partial charge on any atom is 0.339 e. The van der Waals surface area contributed by atoms with E-state index in [2.05, 4.69) is 10.3 Å². The fourth-order valence-electron chi connectivity index (χ4n) is 2.13. The van der Waals surface area contributed by atoms with Crippen LogP contribution in [0.1, 0.15) is 16.1 Å². The number of aromatic hydroxyl groups is 1. The Bertz CT molecular complexity index is 898. The second-order valence-corrected chi connectivity index (χ2v) is 6.06. The van der Waals surface area contributed by atoms with Gasteiger partial charge in [-0.15, -0.1) is 0 Å². The van der Waals surface area contributed by atoms with Gasteiger partial charge in [-0.2, -0.15) is 0 Å². The van der Waals surface area contributed by atoms with Crippen molar-refractivity contribution in [3.63, 3.8) is 0 Å². The standard InChI is InChI=1S/C16H13N3O4S/c1-19-6-2-3-10(19)8-13-14(21)18-16(24-13)17-9-4-5-11(15(22)23)12(20)7-9/h2-8,20H,1H3,(H,22,23)(H,17,18,21). The lowest BCUT2D eigenvalue weighted by molar-refractivity contribution is -0.115. The number of rotatable bonds is 3. The first-order valence-corrected chi connectivity index (χ1v) is 7.73. The zero-order chi connectivity index (χ0) is 17.3. The number of amidine groups is 1. The molecule has 1 aliphatic heterocycles. The minimum atomic E-state index is -1.22. The van der Waals surface area contributed by atoms with Gasteiger partial charge >= 0.3 is 5.97 Å². The van der Waals surface area contributed by atoms with Crippen LogP contribution >= 0.6 is 11.8 Å². The van der Waals surface area contributed by atoms with Gasteiger partial charge in [-0.1, -0.05) is 0 Å². The Morgan fingerprint density at radius 2 is 2.17 bits per heavy atom. The van der Waals surface area contributed by atoms with Crippen LogP contribution in [0, 0.1) is 0 Å². The number of hydrogen-bond donors (Lipinski definition) is 3. The van der Waals surface area contributed by atoms with Gasteiger partial charge in [-0.05, 0) is 42.1 Å². The average molecular weight is 343 g/mol. The summed E-state index contributed by atoms with van der Waals surface area (Å²) in [4.78, 5) is 27.6. The molecule has 2 heterocycles. The highest BCUT2D eigenvalue weighted by molar-refractivity contribution is 8.18. The van der Waals surface area contributed by atoms with Crippen molar-refractivity contribution in [1.82, 2.24) is 9.88 Å². The number of amides is 1. The zero-order valence-corrected chi connectivity index (χ0v) is 13.4. The molecular formula is C16H13N3O4S. The van der Waals surface area contributed by atoms with E-state index in [1.165, 1.54) is 30.0 Å². The summed E-state index contributed by atoms with van der Waals surface area (Å²) >= 11 is 1.18. The van der Waals surface area contributed by atoms with E-state index < -0.39 is 5.97 Å². The van der Waals surface area contributed by atoms with Crippen molar-refractivity contribution < 1.29 is 19.8 Å². The second-order valence-electron chi connectivity index (χ2n) is 5.03. The third-order valence-corrected chi connectivity index (χ3v) is 4.27. The molecule has 24 heavy (non-hydrogen) atoms.